The van der Waals surface area contributed by atoms with Crippen LogP contribution in [0.5, 0.6) is 0 Å². The van der Waals surface area contributed by atoms with Crippen LogP contribution in [-0.2, 0) is 6.54 Å². The van der Waals surface area contributed by atoms with E-state index in [9.17, 15) is 0 Å². The van der Waals surface area contributed by atoms with Gasteiger partial charge in [-0.25, -0.2) is 0 Å². The number of piperazine rings is 1. The normalized spacial score (nSPS) is 24.0. The van der Waals surface area contributed by atoms with Crippen LogP contribution >= 0.6 is 0 Å². The van der Waals surface area contributed by atoms with Crippen LogP contribution in [0.3, 0.4) is 0 Å². The van der Waals surface area contributed by atoms with E-state index in [0.29, 0.717) is 0 Å². The van der Waals surface area contributed by atoms with Crippen molar-refractivity contribution in [3.05, 3.63) is 35.9 Å². The fourth-order valence-electron chi connectivity index (χ4n) is 4.79. The van der Waals surface area contributed by atoms with Crippen molar-refractivity contribution in [1.29, 1.82) is 0 Å². The summed E-state index contributed by atoms with van der Waals surface area (Å²) >= 11 is 0. The summed E-state index contributed by atoms with van der Waals surface area (Å²) in [4.78, 5) is 5.37. The average Bonchev–Trinajstić information content (AvgIpc) is 2.67. The Balaban J connectivity index is 1.56. The Kier molecular flexibility index (Phi) is 7.33. The summed E-state index contributed by atoms with van der Waals surface area (Å²) in [7, 11) is 0. The van der Waals surface area contributed by atoms with E-state index in [1.807, 2.05) is 0 Å². The topological polar surface area (TPSA) is 32.5 Å². The second-order valence-corrected chi connectivity index (χ2v) is 8.15. The molecule has 1 saturated carbocycles. The number of hydrogen-bond acceptors (Lipinski definition) is 3. The minimum atomic E-state index is 0.274. The Morgan fingerprint density at radius 3 is 1.88 bits per heavy atom. The first-order valence-electron chi connectivity index (χ1n) is 10.5. The first-order valence-corrected chi connectivity index (χ1v) is 10.5. The quantitative estimate of drug-likeness (QED) is 0.896. The third-order valence-corrected chi connectivity index (χ3v) is 6.46. The van der Waals surface area contributed by atoms with Gasteiger partial charge in [0.25, 0.3) is 0 Å². The molecule has 1 aliphatic carbocycles. The molecule has 0 unspecified atom stereocenters. The summed E-state index contributed by atoms with van der Waals surface area (Å²) in [6.07, 6.45) is 12.4. The van der Waals surface area contributed by atoms with Gasteiger partial charge in [0.1, 0.15) is 0 Å². The molecule has 0 amide bonds. The van der Waals surface area contributed by atoms with Crippen molar-refractivity contribution in [2.75, 3.05) is 32.7 Å². The molecule has 25 heavy (non-hydrogen) atoms. The second kappa shape index (κ2) is 9.70. The zero-order valence-corrected chi connectivity index (χ0v) is 16.0. The summed E-state index contributed by atoms with van der Waals surface area (Å²) in [5.74, 6) is 0. The van der Waals surface area contributed by atoms with E-state index in [-0.39, 0.29) is 5.54 Å². The molecule has 1 heterocycles. The van der Waals surface area contributed by atoms with Gasteiger partial charge in [0.2, 0.25) is 0 Å². The van der Waals surface area contributed by atoms with E-state index in [1.165, 1.54) is 89.5 Å². The van der Waals surface area contributed by atoms with Gasteiger partial charge in [-0.05, 0) is 18.4 Å². The second-order valence-electron chi connectivity index (χ2n) is 8.15. The fourth-order valence-corrected chi connectivity index (χ4v) is 4.79. The van der Waals surface area contributed by atoms with Crippen LogP contribution in [0.1, 0.15) is 63.4 Å². The Bertz CT molecular complexity index is 469. The zero-order valence-electron chi connectivity index (χ0n) is 16.0. The molecule has 2 fully saturated rings. The molecule has 2 N–H and O–H groups in total. The molecule has 0 spiro atoms. The van der Waals surface area contributed by atoms with E-state index in [1.54, 1.807) is 0 Å². The summed E-state index contributed by atoms with van der Waals surface area (Å²) in [5.41, 5.74) is 8.09. The van der Waals surface area contributed by atoms with Crippen LogP contribution in [0.25, 0.3) is 0 Å². The summed E-state index contributed by atoms with van der Waals surface area (Å²) in [5, 5.41) is 0. The largest absolute Gasteiger partial charge is 0.329 e. The zero-order chi connectivity index (χ0) is 17.4. The molecule has 1 aromatic rings. The number of rotatable bonds is 4. The molecule has 3 heteroatoms. The molecule has 1 aliphatic heterocycles. The van der Waals surface area contributed by atoms with Crippen molar-refractivity contribution in [2.45, 2.75) is 69.9 Å². The summed E-state index contributed by atoms with van der Waals surface area (Å²) < 4.78 is 0. The average molecular weight is 344 g/mol. The minimum absolute atomic E-state index is 0.274. The van der Waals surface area contributed by atoms with Crippen LogP contribution in [0.15, 0.2) is 30.3 Å². The Morgan fingerprint density at radius 2 is 1.32 bits per heavy atom. The maximum atomic E-state index is 6.38. The van der Waals surface area contributed by atoms with Gasteiger partial charge in [0.15, 0.2) is 0 Å². The minimum Gasteiger partial charge on any atom is -0.329 e. The SMILES string of the molecule is NCC1(N2CCN(Cc3ccccc3)CC2)CCCCCCCCC1. The Morgan fingerprint density at radius 1 is 0.760 bits per heavy atom. The van der Waals surface area contributed by atoms with Gasteiger partial charge in [-0.1, -0.05) is 75.3 Å². The van der Waals surface area contributed by atoms with Gasteiger partial charge in [-0.3, -0.25) is 9.80 Å². The van der Waals surface area contributed by atoms with Crippen molar-refractivity contribution in [2.24, 2.45) is 5.73 Å². The van der Waals surface area contributed by atoms with Gasteiger partial charge >= 0.3 is 0 Å². The van der Waals surface area contributed by atoms with Crippen LogP contribution in [0.4, 0.5) is 0 Å². The molecule has 0 aromatic heterocycles. The van der Waals surface area contributed by atoms with Gasteiger partial charge in [-0.15, -0.1) is 0 Å². The molecule has 3 rings (SSSR count). The molecule has 3 nitrogen and oxygen atoms in total. The highest BCUT2D eigenvalue weighted by atomic mass is 15.3. The van der Waals surface area contributed by atoms with Gasteiger partial charge in [0.05, 0.1) is 0 Å². The molecule has 0 bridgehead atoms. The number of hydrogen-bond donors (Lipinski definition) is 1. The van der Waals surface area contributed by atoms with Crippen LogP contribution in [-0.4, -0.2) is 48.1 Å². The Labute approximate surface area is 154 Å². The number of nitrogens with zero attached hydrogens (tertiary/aromatic N) is 2. The third-order valence-electron chi connectivity index (χ3n) is 6.46. The monoisotopic (exact) mass is 343 g/mol. The lowest BCUT2D eigenvalue weighted by Gasteiger charge is -2.48. The van der Waals surface area contributed by atoms with E-state index in [4.69, 9.17) is 5.73 Å². The van der Waals surface area contributed by atoms with E-state index < -0.39 is 0 Å². The Hall–Kier alpha value is -0.900. The van der Waals surface area contributed by atoms with E-state index >= 15 is 0 Å². The van der Waals surface area contributed by atoms with Crippen molar-refractivity contribution >= 4 is 0 Å². The van der Waals surface area contributed by atoms with Gasteiger partial charge < -0.3 is 5.73 Å². The van der Waals surface area contributed by atoms with Crippen molar-refractivity contribution in [1.82, 2.24) is 9.80 Å². The van der Waals surface area contributed by atoms with Gasteiger partial charge in [0, 0.05) is 44.8 Å². The standard InChI is InChI=1S/C22H37N3/c23-20-22(13-9-4-2-1-3-5-10-14-22)25-17-15-24(16-18-25)19-21-11-7-6-8-12-21/h6-8,11-12H,1-5,9-10,13-20,23H2. The van der Waals surface area contributed by atoms with Crippen LogP contribution < -0.4 is 5.73 Å². The van der Waals surface area contributed by atoms with Crippen molar-refractivity contribution in [3.8, 4) is 0 Å². The third kappa shape index (κ3) is 5.29. The van der Waals surface area contributed by atoms with E-state index in [2.05, 4.69) is 40.1 Å². The lowest BCUT2D eigenvalue weighted by Crippen LogP contribution is -2.60. The first kappa shape index (κ1) is 18.9. The molecular formula is C22H37N3. The predicted octanol–water partition coefficient (Wildman–Crippen LogP) is 4.03. The number of nitrogens with two attached hydrogens (primary N) is 1. The highest BCUT2D eigenvalue weighted by Crippen LogP contribution is 2.31. The molecule has 1 aromatic carbocycles. The maximum absolute atomic E-state index is 6.38. The smallest absolute Gasteiger partial charge is 0.0332 e. The molecule has 1 saturated heterocycles. The molecular weight excluding hydrogens is 306 g/mol. The van der Waals surface area contributed by atoms with E-state index in [0.717, 1.165) is 13.1 Å². The molecule has 0 radical (unpaired) electrons. The fraction of sp³-hybridized carbons (Fsp3) is 0.727. The lowest BCUT2D eigenvalue weighted by molar-refractivity contribution is 0.0189. The highest BCUT2D eigenvalue weighted by Gasteiger charge is 2.36. The van der Waals surface area contributed by atoms with Crippen LogP contribution in [0, 0.1) is 0 Å². The molecule has 140 valence electrons. The summed E-state index contributed by atoms with van der Waals surface area (Å²) in [6, 6.07) is 10.9. The summed E-state index contributed by atoms with van der Waals surface area (Å²) in [6.45, 7) is 6.65. The lowest BCUT2D eigenvalue weighted by atomic mass is 9.83. The van der Waals surface area contributed by atoms with Gasteiger partial charge in [-0.2, -0.15) is 0 Å². The first-order chi connectivity index (χ1) is 12.3. The van der Waals surface area contributed by atoms with Crippen molar-refractivity contribution in [3.63, 3.8) is 0 Å². The number of benzene rings is 1. The predicted molar refractivity (Wildman–Crippen MR) is 107 cm³/mol. The molecule has 0 atom stereocenters. The van der Waals surface area contributed by atoms with Crippen molar-refractivity contribution < 1.29 is 0 Å². The highest BCUT2D eigenvalue weighted by molar-refractivity contribution is 5.14. The molecule has 2 aliphatic rings. The maximum Gasteiger partial charge on any atom is 0.0332 e. The van der Waals surface area contributed by atoms with Crippen LogP contribution in [0.2, 0.25) is 0 Å².